The van der Waals surface area contributed by atoms with Crippen molar-refractivity contribution in [2.24, 2.45) is 0 Å². The molecule has 0 saturated heterocycles. The number of fused-ring (bicyclic) bond motifs is 2. The van der Waals surface area contributed by atoms with Crippen LogP contribution in [0.25, 0.3) is 11.3 Å². The van der Waals surface area contributed by atoms with Gasteiger partial charge in [0.25, 0.3) is 0 Å². The summed E-state index contributed by atoms with van der Waals surface area (Å²) in [4.78, 5) is 4.50. The lowest BCUT2D eigenvalue weighted by molar-refractivity contribution is 0.488. The molecule has 4 rings (SSSR count). The van der Waals surface area contributed by atoms with Gasteiger partial charge in [0.15, 0.2) is 0 Å². The molecule has 0 fully saturated rings. The largest absolute Gasteiger partial charge is 0.457 e. The lowest BCUT2D eigenvalue weighted by atomic mass is 10.1. The molecule has 2 aromatic carbocycles. The fourth-order valence-corrected chi connectivity index (χ4v) is 6.01. The first-order valence-corrected chi connectivity index (χ1v) is 10.5. The Morgan fingerprint density at radius 3 is 2.41 bits per heavy atom. The minimum atomic E-state index is -1.75. The molecule has 0 bridgehead atoms. The van der Waals surface area contributed by atoms with Crippen LogP contribution in [0, 0.1) is 0 Å². The molecule has 1 aromatic heterocycles. The van der Waals surface area contributed by atoms with Gasteiger partial charge in [0.2, 0.25) is 0 Å². The van der Waals surface area contributed by atoms with Gasteiger partial charge in [0, 0.05) is 11.8 Å². The van der Waals surface area contributed by atoms with Crippen molar-refractivity contribution in [1.82, 2.24) is 4.98 Å². The topological polar surface area (TPSA) is 22.1 Å². The van der Waals surface area contributed by atoms with E-state index >= 15 is 0 Å². The van der Waals surface area contributed by atoms with E-state index in [1.807, 2.05) is 30.5 Å². The number of para-hydroxylation sites is 2. The number of benzene rings is 2. The lowest BCUT2D eigenvalue weighted by Gasteiger charge is -2.33. The smallest absolute Gasteiger partial charge is 0.136 e. The second-order valence-corrected chi connectivity index (χ2v) is 10.4. The number of ether oxygens (including phenoxy) is 1. The average molecular weight is 303 g/mol. The van der Waals surface area contributed by atoms with Gasteiger partial charge in [-0.2, -0.15) is 0 Å². The molecule has 0 amide bonds. The monoisotopic (exact) mass is 303 g/mol. The van der Waals surface area contributed by atoms with Crippen LogP contribution in [0.4, 0.5) is 0 Å². The number of rotatable bonds is 1. The zero-order valence-corrected chi connectivity index (χ0v) is 13.7. The average Bonchev–Trinajstić information content (AvgIpc) is 2.55. The van der Waals surface area contributed by atoms with Crippen LogP contribution in [0.15, 0.2) is 66.9 Å². The second-order valence-electron chi connectivity index (χ2n) is 6.12. The number of nitrogens with zero attached hydrogens (tertiary/aromatic N) is 1. The summed E-state index contributed by atoms with van der Waals surface area (Å²) in [5.41, 5.74) is 2.04. The minimum absolute atomic E-state index is 0.962. The molecular formula is C19H17NOSi. The SMILES string of the molecule is C[Si]1(C)c2ccccc2Oc2c(-c3ccccn3)cccc21. The van der Waals surface area contributed by atoms with Gasteiger partial charge in [0.05, 0.1) is 5.69 Å². The first-order chi connectivity index (χ1) is 10.7. The maximum absolute atomic E-state index is 6.29. The quantitative estimate of drug-likeness (QED) is 0.640. The Kier molecular flexibility index (Phi) is 2.91. The molecule has 3 aromatic rings. The predicted molar refractivity (Wildman–Crippen MR) is 92.9 cm³/mol. The van der Waals surface area contributed by atoms with Crippen LogP contribution in [-0.2, 0) is 0 Å². The van der Waals surface area contributed by atoms with E-state index in [0.29, 0.717) is 0 Å². The third-order valence-electron chi connectivity index (χ3n) is 4.40. The van der Waals surface area contributed by atoms with E-state index in [1.54, 1.807) is 0 Å². The van der Waals surface area contributed by atoms with E-state index in [1.165, 1.54) is 10.4 Å². The highest BCUT2D eigenvalue weighted by Crippen LogP contribution is 2.35. The van der Waals surface area contributed by atoms with Gasteiger partial charge in [-0.15, -0.1) is 0 Å². The molecule has 1 aliphatic rings. The van der Waals surface area contributed by atoms with Crippen LogP contribution in [0.3, 0.4) is 0 Å². The molecule has 2 nitrogen and oxygen atoms in total. The normalized spacial score (nSPS) is 14.6. The van der Waals surface area contributed by atoms with Crippen molar-refractivity contribution in [2.75, 3.05) is 0 Å². The van der Waals surface area contributed by atoms with E-state index in [4.69, 9.17) is 4.74 Å². The van der Waals surface area contributed by atoms with Crippen molar-refractivity contribution in [3.8, 4) is 22.8 Å². The molecule has 0 N–H and O–H groups in total. The number of pyridine rings is 1. The molecule has 1 aliphatic heterocycles. The maximum Gasteiger partial charge on any atom is 0.136 e. The summed E-state index contributed by atoms with van der Waals surface area (Å²) >= 11 is 0. The van der Waals surface area contributed by atoms with E-state index in [0.717, 1.165) is 22.8 Å². The molecule has 3 heteroatoms. The Morgan fingerprint density at radius 2 is 1.59 bits per heavy atom. The Balaban J connectivity index is 1.97. The van der Waals surface area contributed by atoms with Gasteiger partial charge in [-0.25, -0.2) is 0 Å². The molecule has 0 unspecified atom stereocenters. The van der Waals surface area contributed by atoms with Crippen LogP contribution in [0.1, 0.15) is 0 Å². The van der Waals surface area contributed by atoms with Crippen molar-refractivity contribution < 1.29 is 4.74 Å². The summed E-state index contributed by atoms with van der Waals surface area (Å²) in [5.74, 6) is 1.98. The highest BCUT2D eigenvalue weighted by atomic mass is 28.3. The Bertz CT molecular complexity index is 843. The molecule has 108 valence electrons. The first-order valence-electron chi connectivity index (χ1n) is 7.50. The van der Waals surface area contributed by atoms with E-state index in [9.17, 15) is 0 Å². The van der Waals surface area contributed by atoms with Crippen molar-refractivity contribution in [3.05, 3.63) is 66.9 Å². The fraction of sp³-hybridized carbons (Fsp3) is 0.105. The van der Waals surface area contributed by atoms with Crippen molar-refractivity contribution in [1.29, 1.82) is 0 Å². The highest BCUT2D eigenvalue weighted by molar-refractivity contribution is 7.01. The standard InChI is InChI=1S/C19H17NOSi/c1-22(2)17-11-4-3-10-16(17)21-19-14(8-7-12-18(19)22)15-9-5-6-13-20-15/h3-13H,1-2H3. The molecule has 0 saturated carbocycles. The zero-order valence-electron chi connectivity index (χ0n) is 12.7. The van der Waals surface area contributed by atoms with Crippen LogP contribution in [0.5, 0.6) is 11.5 Å². The Morgan fingerprint density at radius 1 is 0.818 bits per heavy atom. The summed E-state index contributed by atoms with van der Waals surface area (Å²) < 4.78 is 6.29. The Labute approximate surface area is 131 Å². The highest BCUT2D eigenvalue weighted by Gasteiger charge is 2.37. The summed E-state index contributed by atoms with van der Waals surface area (Å²) in [5, 5.41) is 2.70. The maximum atomic E-state index is 6.29. The van der Waals surface area contributed by atoms with Gasteiger partial charge < -0.3 is 4.74 Å². The summed E-state index contributed by atoms with van der Waals surface area (Å²) in [7, 11) is -1.75. The van der Waals surface area contributed by atoms with E-state index in [-0.39, 0.29) is 0 Å². The van der Waals surface area contributed by atoms with Crippen LogP contribution >= 0.6 is 0 Å². The zero-order chi connectivity index (χ0) is 15.2. The molecule has 0 aliphatic carbocycles. The first kappa shape index (κ1) is 13.3. The van der Waals surface area contributed by atoms with Gasteiger partial charge in [-0.1, -0.05) is 49.5 Å². The van der Waals surface area contributed by atoms with Gasteiger partial charge in [-0.05, 0) is 34.6 Å². The molecule has 0 spiro atoms. The van der Waals surface area contributed by atoms with E-state index < -0.39 is 8.07 Å². The van der Waals surface area contributed by atoms with Crippen LogP contribution < -0.4 is 15.1 Å². The Hall–Kier alpha value is -2.39. The van der Waals surface area contributed by atoms with Gasteiger partial charge >= 0.3 is 0 Å². The fourth-order valence-electron chi connectivity index (χ4n) is 3.19. The van der Waals surface area contributed by atoms with Crippen molar-refractivity contribution in [2.45, 2.75) is 13.1 Å². The summed E-state index contributed by atoms with van der Waals surface area (Å²) in [6.07, 6.45) is 1.83. The molecular weight excluding hydrogens is 286 g/mol. The molecule has 22 heavy (non-hydrogen) atoms. The molecule has 0 atom stereocenters. The van der Waals surface area contributed by atoms with Gasteiger partial charge in [-0.3, -0.25) is 4.98 Å². The van der Waals surface area contributed by atoms with Crippen molar-refractivity contribution >= 4 is 18.4 Å². The van der Waals surface area contributed by atoms with Crippen molar-refractivity contribution in [3.63, 3.8) is 0 Å². The van der Waals surface area contributed by atoms with Gasteiger partial charge in [0.1, 0.15) is 19.6 Å². The third-order valence-corrected chi connectivity index (χ3v) is 7.90. The lowest BCUT2D eigenvalue weighted by Crippen LogP contribution is -2.56. The predicted octanol–water partition coefficient (Wildman–Crippen LogP) is 3.68. The molecule has 2 heterocycles. The van der Waals surface area contributed by atoms with Crippen LogP contribution in [-0.4, -0.2) is 13.1 Å². The minimum Gasteiger partial charge on any atom is -0.457 e. The summed E-state index contributed by atoms with van der Waals surface area (Å²) in [6.45, 7) is 4.77. The number of aromatic nitrogens is 1. The van der Waals surface area contributed by atoms with Crippen LogP contribution in [0.2, 0.25) is 13.1 Å². The summed E-state index contributed by atoms with van der Waals surface area (Å²) in [6, 6.07) is 20.8. The second kappa shape index (κ2) is 4.82. The molecule has 0 radical (unpaired) electrons. The third kappa shape index (κ3) is 1.90. The van der Waals surface area contributed by atoms with E-state index in [2.05, 4.69) is 54.5 Å². The number of hydrogen-bond donors (Lipinski definition) is 0. The number of hydrogen-bond acceptors (Lipinski definition) is 2.